The average molecular weight is 207 g/mol. The van der Waals surface area contributed by atoms with Gasteiger partial charge in [-0.2, -0.15) is 8.42 Å². The molecular weight excluding hydrogens is 190 g/mol. The molecule has 1 unspecified atom stereocenters. The monoisotopic (exact) mass is 207 g/mol. The van der Waals surface area contributed by atoms with Crippen LogP contribution in [0.15, 0.2) is 0 Å². The van der Waals surface area contributed by atoms with Crippen LogP contribution < -0.4 is 0 Å². The van der Waals surface area contributed by atoms with E-state index in [0.29, 0.717) is 12.5 Å². The number of hydrogen-bond donors (Lipinski definition) is 0. The Morgan fingerprint density at radius 2 is 2.23 bits per heavy atom. The van der Waals surface area contributed by atoms with Crippen molar-refractivity contribution in [2.45, 2.75) is 13.3 Å². The summed E-state index contributed by atoms with van der Waals surface area (Å²) in [4.78, 5) is 2.17. The van der Waals surface area contributed by atoms with Crippen molar-refractivity contribution in [3.8, 4) is 0 Å². The maximum atomic E-state index is 11.0. The Hall–Kier alpha value is -0.130. The van der Waals surface area contributed by atoms with Crippen LogP contribution >= 0.6 is 0 Å². The summed E-state index contributed by atoms with van der Waals surface area (Å²) < 4.78 is 26.3. The molecule has 0 radical (unpaired) electrons. The molecule has 1 saturated heterocycles. The molecule has 0 aliphatic carbocycles. The van der Waals surface area contributed by atoms with E-state index in [1.807, 2.05) is 0 Å². The lowest BCUT2D eigenvalue weighted by atomic mass is 10.2. The van der Waals surface area contributed by atoms with Crippen LogP contribution in [-0.4, -0.2) is 45.8 Å². The Bertz CT molecular complexity index is 250. The fourth-order valence-corrected chi connectivity index (χ4v) is 2.20. The first-order chi connectivity index (χ1) is 6.03. The Labute approximate surface area is 80.0 Å². The molecule has 0 saturated carbocycles. The van der Waals surface area contributed by atoms with E-state index >= 15 is 0 Å². The van der Waals surface area contributed by atoms with Crippen molar-refractivity contribution in [1.29, 1.82) is 0 Å². The molecule has 1 aliphatic heterocycles. The van der Waals surface area contributed by atoms with E-state index in [0.717, 1.165) is 13.1 Å². The van der Waals surface area contributed by atoms with Gasteiger partial charge in [0, 0.05) is 13.1 Å². The molecule has 0 spiro atoms. The zero-order chi connectivity index (χ0) is 9.90. The number of hydrogen-bond acceptors (Lipinski definition) is 4. The van der Waals surface area contributed by atoms with Crippen LogP contribution in [0.4, 0.5) is 0 Å². The Balaban J connectivity index is 2.27. The van der Waals surface area contributed by atoms with E-state index in [4.69, 9.17) is 0 Å². The first kappa shape index (κ1) is 10.9. The highest BCUT2D eigenvalue weighted by Crippen LogP contribution is 2.14. The van der Waals surface area contributed by atoms with Gasteiger partial charge in [0.05, 0.1) is 12.9 Å². The standard InChI is InChI=1S/C8H17NO3S/c1-8-3-4-9(7-8)5-6-13(10,11)12-2/h8H,3-7H2,1-2H3. The zero-order valence-electron chi connectivity index (χ0n) is 8.19. The van der Waals surface area contributed by atoms with Gasteiger partial charge in [-0.05, 0) is 18.9 Å². The maximum absolute atomic E-state index is 11.0. The Morgan fingerprint density at radius 1 is 1.54 bits per heavy atom. The second-order valence-corrected chi connectivity index (χ2v) is 5.48. The minimum Gasteiger partial charge on any atom is -0.302 e. The van der Waals surface area contributed by atoms with Gasteiger partial charge >= 0.3 is 0 Å². The summed E-state index contributed by atoms with van der Waals surface area (Å²) >= 11 is 0. The summed E-state index contributed by atoms with van der Waals surface area (Å²) in [6.07, 6.45) is 1.17. The van der Waals surface area contributed by atoms with Crippen LogP contribution in [0, 0.1) is 5.92 Å². The lowest BCUT2D eigenvalue weighted by Gasteiger charge is -2.13. The summed E-state index contributed by atoms with van der Waals surface area (Å²) in [5, 5.41) is 0. The predicted molar refractivity (Wildman–Crippen MR) is 51.0 cm³/mol. The smallest absolute Gasteiger partial charge is 0.268 e. The predicted octanol–water partition coefficient (Wildman–Crippen LogP) is 0.304. The third kappa shape index (κ3) is 3.62. The van der Waals surface area contributed by atoms with E-state index in [1.54, 1.807) is 0 Å². The third-order valence-corrected chi connectivity index (χ3v) is 3.61. The molecule has 78 valence electrons. The number of likely N-dealkylation sites (tertiary alicyclic amines) is 1. The Kier molecular flexibility index (Phi) is 3.70. The van der Waals surface area contributed by atoms with Gasteiger partial charge in [0.15, 0.2) is 0 Å². The number of nitrogens with zero attached hydrogens (tertiary/aromatic N) is 1. The first-order valence-electron chi connectivity index (χ1n) is 4.54. The van der Waals surface area contributed by atoms with Crippen LogP contribution in [0.2, 0.25) is 0 Å². The van der Waals surface area contributed by atoms with Gasteiger partial charge in [-0.25, -0.2) is 0 Å². The van der Waals surface area contributed by atoms with Gasteiger partial charge < -0.3 is 4.90 Å². The molecule has 0 aromatic rings. The molecule has 13 heavy (non-hydrogen) atoms. The van der Waals surface area contributed by atoms with Gasteiger partial charge in [-0.1, -0.05) is 6.92 Å². The van der Waals surface area contributed by atoms with Crippen LogP contribution in [0.5, 0.6) is 0 Å². The van der Waals surface area contributed by atoms with Crippen LogP contribution in [0.1, 0.15) is 13.3 Å². The second-order valence-electron chi connectivity index (χ2n) is 3.62. The minimum absolute atomic E-state index is 0.107. The molecule has 0 aromatic carbocycles. The first-order valence-corrected chi connectivity index (χ1v) is 6.12. The molecule has 4 nitrogen and oxygen atoms in total. The van der Waals surface area contributed by atoms with Crippen LogP contribution in [0.25, 0.3) is 0 Å². The average Bonchev–Trinajstić information content (AvgIpc) is 2.48. The van der Waals surface area contributed by atoms with Crippen molar-refractivity contribution in [1.82, 2.24) is 4.90 Å². The van der Waals surface area contributed by atoms with Crippen molar-refractivity contribution in [2.75, 3.05) is 32.5 Å². The van der Waals surface area contributed by atoms with E-state index < -0.39 is 10.1 Å². The molecule has 0 N–H and O–H groups in total. The molecule has 0 amide bonds. The molecule has 1 heterocycles. The molecule has 0 aromatic heterocycles. The van der Waals surface area contributed by atoms with E-state index in [2.05, 4.69) is 16.0 Å². The minimum atomic E-state index is -3.27. The Morgan fingerprint density at radius 3 is 2.69 bits per heavy atom. The highest BCUT2D eigenvalue weighted by Gasteiger charge is 2.20. The van der Waals surface area contributed by atoms with Gasteiger partial charge in [-0.3, -0.25) is 4.18 Å². The third-order valence-electron chi connectivity index (χ3n) is 2.42. The van der Waals surface area contributed by atoms with Crippen LogP contribution in [-0.2, 0) is 14.3 Å². The fourth-order valence-electron chi connectivity index (χ4n) is 1.55. The normalized spacial score (nSPS) is 25.2. The van der Waals surface area contributed by atoms with Gasteiger partial charge in [0.25, 0.3) is 10.1 Å². The summed E-state index contributed by atoms with van der Waals surface area (Å²) in [5.74, 6) is 0.807. The van der Waals surface area contributed by atoms with Crippen molar-refractivity contribution >= 4 is 10.1 Å². The molecule has 1 rings (SSSR count). The summed E-state index contributed by atoms with van der Waals surface area (Å²) in [6.45, 7) is 4.81. The number of rotatable bonds is 4. The van der Waals surface area contributed by atoms with Crippen molar-refractivity contribution < 1.29 is 12.6 Å². The highest BCUT2D eigenvalue weighted by molar-refractivity contribution is 7.86. The van der Waals surface area contributed by atoms with Gasteiger partial charge in [-0.15, -0.1) is 0 Å². The van der Waals surface area contributed by atoms with Crippen LogP contribution in [0.3, 0.4) is 0 Å². The maximum Gasteiger partial charge on any atom is 0.268 e. The van der Waals surface area contributed by atoms with E-state index in [9.17, 15) is 8.42 Å². The van der Waals surface area contributed by atoms with Crippen molar-refractivity contribution in [3.05, 3.63) is 0 Å². The SMILES string of the molecule is COS(=O)(=O)CCN1CCC(C)C1. The summed E-state index contributed by atoms with van der Waals surface area (Å²) in [5.41, 5.74) is 0. The quantitative estimate of drug-likeness (QED) is 0.622. The molecule has 1 aliphatic rings. The molecule has 0 bridgehead atoms. The van der Waals surface area contributed by atoms with Gasteiger partial charge in [0.2, 0.25) is 0 Å². The lowest BCUT2D eigenvalue weighted by molar-refractivity contribution is 0.336. The zero-order valence-corrected chi connectivity index (χ0v) is 9.01. The lowest BCUT2D eigenvalue weighted by Crippen LogP contribution is -2.27. The molecule has 5 heteroatoms. The van der Waals surface area contributed by atoms with Crippen molar-refractivity contribution in [3.63, 3.8) is 0 Å². The summed E-state index contributed by atoms with van der Waals surface area (Å²) in [7, 11) is -2.06. The molecule has 1 atom stereocenters. The highest BCUT2D eigenvalue weighted by atomic mass is 32.2. The van der Waals surface area contributed by atoms with E-state index in [1.165, 1.54) is 13.5 Å². The van der Waals surface area contributed by atoms with Crippen molar-refractivity contribution in [2.24, 2.45) is 5.92 Å². The largest absolute Gasteiger partial charge is 0.302 e. The molecule has 1 fully saturated rings. The summed E-state index contributed by atoms with van der Waals surface area (Å²) in [6, 6.07) is 0. The van der Waals surface area contributed by atoms with Gasteiger partial charge in [0.1, 0.15) is 0 Å². The fraction of sp³-hybridized carbons (Fsp3) is 1.00. The molecular formula is C8H17NO3S. The second kappa shape index (κ2) is 4.39. The topological polar surface area (TPSA) is 46.6 Å². The van der Waals surface area contributed by atoms with E-state index in [-0.39, 0.29) is 5.75 Å².